The van der Waals surface area contributed by atoms with E-state index in [1.165, 1.54) is 0 Å². The summed E-state index contributed by atoms with van der Waals surface area (Å²) in [6.45, 7) is 4.84. The Morgan fingerprint density at radius 1 is 1.19 bits per heavy atom. The Morgan fingerprint density at radius 2 is 2.00 bits per heavy atom. The molecule has 27 heavy (non-hydrogen) atoms. The number of carbonyl (C=O) groups is 1. The molecule has 2 aromatic rings. The molecule has 0 aromatic carbocycles. The van der Waals surface area contributed by atoms with Crippen molar-refractivity contribution in [1.82, 2.24) is 15.3 Å². The lowest BCUT2D eigenvalue weighted by Gasteiger charge is -2.34. The maximum absolute atomic E-state index is 12.2. The summed E-state index contributed by atoms with van der Waals surface area (Å²) in [5.41, 5.74) is 0.830. The third-order valence-electron chi connectivity index (χ3n) is 4.83. The van der Waals surface area contributed by atoms with Crippen LogP contribution in [-0.4, -0.2) is 61.4 Å². The van der Waals surface area contributed by atoms with E-state index in [1.54, 1.807) is 17.7 Å². The number of hydrogen-bond donors (Lipinski definition) is 2. The lowest BCUT2D eigenvalue weighted by Crippen LogP contribution is -2.49. The molecule has 2 aliphatic rings. The van der Waals surface area contributed by atoms with E-state index in [9.17, 15) is 4.79 Å². The number of nitrogens with one attached hydrogen (secondary N) is 2. The lowest BCUT2D eigenvalue weighted by molar-refractivity contribution is 0.122. The van der Waals surface area contributed by atoms with E-state index in [4.69, 9.17) is 4.74 Å². The third kappa shape index (κ3) is 4.67. The van der Waals surface area contributed by atoms with E-state index in [0.29, 0.717) is 0 Å². The summed E-state index contributed by atoms with van der Waals surface area (Å²) in [5.74, 6) is 1.85. The van der Waals surface area contributed by atoms with Gasteiger partial charge in [-0.3, -0.25) is 0 Å². The van der Waals surface area contributed by atoms with Gasteiger partial charge in [0.25, 0.3) is 0 Å². The topological polar surface area (TPSA) is 82.6 Å². The fourth-order valence-corrected chi connectivity index (χ4v) is 4.05. The molecule has 8 nitrogen and oxygen atoms in total. The molecule has 2 saturated heterocycles. The highest BCUT2D eigenvalue weighted by Gasteiger charge is 2.23. The largest absolute Gasteiger partial charge is 0.378 e. The van der Waals surface area contributed by atoms with E-state index < -0.39 is 0 Å². The predicted molar refractivity (Wildman–Crippen MR) is 107 cm³/mol. The highest BCUT2D eigenvalue weighted by atomic mass is 32.1. The number of anilines is 3. The Hall–Kier alpha value is -2.39. The summed E-state index contributed by atoms with van der Waals surface area (Å²) in [6, 6.07) is 3.88. The summed E-state index contributed by atoms with van der Waals surface area (Å²) >= 11 is 1.56. The molecule has 1 unspecified atom stereocenters. The van der Waals surface area contributed by atoms with E-state index in [2.05, 4.69) is 30.4 Å². The molecule has 144 valence electrons. The quantitative estimate of drug-likeness (QED) is 0.835. The second-order valence-corrected chi connectivity index (χ2v) is 7.51. The van der Waals surface area contributed by atoms with Crippen LogP contribution in [0.5, 0.6) is 0 Å². The average Bonchev–Trinajstić information content (AvgIpc) is 3.22. The van der Waals surface area contributed by atoms with Crippen LogP contribution in [0.3, 0.4) is 0 Å². The maximum Gasteiger partial charge on any atom is 0.319 e. The van der Waals surface area contributed by atoms with Crippen LogP contribution < -0.4 is 20.4 Å². The molecule has 2 fully saturated rings. The van der Waals surface area contributed by atoms with Gasteiger partial charge in [-0.2, -0.15) is 11.3 Å². The zero-order valence-corrected chi connectivity index (χ0v) is 16.0. The Balaban J connectivity index is 1.37. The van der Waals surface area contributed by atoms with Gasteiger partial charge in [-0.25, -0.2) is 14.8 Å². The highest BCUT2D eigenvalue weighted by molar-refractivity contribution is 7.08. The van der Waals surface area contributed by atoms with Crippen LogP contribution in [0, 0.1) is 0 Å². The maximum atomic E-state index is 12.2. The average molecular weight is 388 g/mol. The van der Waals surface area contributed by atoms with Crippen LogP contribution in [0.1, 0.15) is 12.8 Å². The third-order valence-corrected chi connectivity index (χ3v) is 5.52. The van der Waals surface area contributed by atoms with E-state index >= 15 is 0 Å². The van der Waals surface area contributed by atoms with Crippen LogP contribution in [0.15, 0.2) is 29.2 Å². The van der Waals surface area contributed by atoms with Crippen LogP contribution >= 0.6 is 11.3 Å². The minimum Gasteiger partial charge on any atom is -0.378 e. The Morgan fingerprint density at radius 3 is 2.78 bits per heavy atom. The van der Waals surface area contributed by atoms with Gasteiger partial charge in [-0.05, 0) is 24.3 Å². The second kappa shape index (κ2) is 8.53. The summed E-state index contributed by atoms with van der Waals surface area (Å²) < 4.78 is 5.42. The molecule has 2 N–H and O–H groups in total. The van der Waals surface area contributed by atoms with Gasteiger partial charge in [0.15, 0.2) is 0 Å². The zero-order valence-electron chi connectivity index (χ0n) is 15.1. The number of urea groups is 1. The number of morpholine rings is 1. The van der Waals surface area contributed by atoms with Crippen molar-refractivity contribution in [2.45, 2.75) is 18.9 Å². The minimum atomic E-state index is -0.156. The molecule has 0 aliphatic carbocycles. The van der Waals surface area contributed by atoms with Crippen molar-refractivity contribution in [1.29, 1.82) is 0 Å². The van der Waals surface area contributed by atoms with Crippen LogP contribution in [-0.2, 0) is 4.74 Å². The van der Waals surface area contributed by atoms with Crippen molar-refractivity contribution in [3.05, 3.63) is 29.2 Å². The van der Waals surface area contributed by atoms with Gasteiger partial charge in [-0.15, -0.1) is 0 Å². The molecule has 4 rings (SSSR count). The standard InChI is InChI=1S/C18H24N6O2S/c25-18(22-15-3-9-27-12-15)21-14-2-1-4-24(11-14)17-10-16(19-13-20-17)23-5-7-26-8-6-23/h3,9-10,12-14H,1-2,4-8,11H2,(H2,21,22,25). The number of ether oxygens (including phenoxy) is 1. The van der Waals surface area contributed by atoms with Gasteiger partial charge in [0.05, 0.1) is 18.9 Å². The normalized spacial score (nSPS) is 20.4. The van der Waals surface area contributed by atoms with E-state index in [1.807, 2.05) is 22.9 Å². The molecule has 4 heterocycles. The van der Waals surface area contributed by atoms with Crippen molar-refractivity contribution in [2.75, 3.05) is 54.5 Å². The van der Waals surface area contributed by atoms with Crippen LogP contribution in [0.4, 0.5) is 22.1 Å². The van der Waals surface area contributed by atoms with Crippen molar-refractivity contribution in [3.63, 3.8) is 0 Å². The first-order chi connectivity index (χ1) is 13.3. The van der Waals surface area contributed by atoms with Crippen molar-refractivity contribution < 1.29 is 9.53 Å². The predicted octanol–water partition coefficient (Wildman–Crippen LogP) is 2.17. The van der Waals surface area contributed by atoms with Crippen molar-refractivity contribution in [2.24, 2.45) is 0 Å². The molecular weight excluding hydrogens is 364 g/mol. The minimum absolute atomic E-state index is 0.0965. The summed E-state index contributed by atoms with van der Waals surface area (Å²) in [4.78, 5) is 25.5. The molecule has 2 amide bonds. The first-order valence-corrected chi connectivity index (χ1v) is 10.2. The van der Waals surface area contributed by atoms with E-state index in [-0.39, 0.29) is 12.1 Å². The van der Waals surface area contributed by atoms with E-state index in [0.717, 1.165) is 69.6 Å². The highest BCUT2D eigenvalue weighted by Crippen LogP contribution is 2.22. The summed E-state index contributed by atoms with van der Waals surface area (Å²) in [5, 5.41) is 9.81. The smallest absolute Gasteiger partial charge is 0.319 e. The van der Waals surface area contributed by atoms with Crippen molar-refractivity contribution >= 4 is 34.7 Å². The zero-order chi connectivity index (χ0) is 18.5. The molecule has 0 spiro atoms. The molecule has 9 heteroatoms. The molecule has 2 aliphatic heterocycles. The first kappa shape index (κ1) is 18.0. The van der Waals surface area contributed by atoms with Gasteiger partial charge < -0.3 is 25.2 Å². The van der Waals surface area contributed by atoms with Gasteiger partial charge in [-0.1, -0.05) is 0 Å². The summed E-state index contributed by atoms with van der Waals surface area (Å²) in [7, 11) is 0. The first-order valence-electron chi connectivity index (χ1n) is 9.27. The number of amides is 2. The van der Waals surface area contributed by atoms with Crippen LogP contribution in [0.2, 0.25) is 0 Å². The number of hydrogen-bond acceptors (Lipinski definition) is 7. The number of nitrogens with zero attached hydrogens (tertiary/aromatic N) is 4. The second-order valence-electron chi connectivity index (χ2n) is 6.73. The van der Waals surface area contributed by atoms with Gasteiger partial charge in [0.2, 0.25) is 0 Å². The summed E-state index contributed by atoms with van der Waals surface area (Å²) in [6.07, 6.45) is 3.61. The molecule has 1 atom stereocenters. The number of aromatic nitrogens is 2. The van der Waals surface area contributed by atoms with Gasteiger partial charge in [0.1, 0.15) is 18.0 Å². The molecule has 2 aromatic heterocycles. The number of rotatable bonds is 4. The molecule has 0 radical (unpaired) electrons. The van der Waals surface area contributed by atoms with Crippen LogP contribution in [0.25, 0.3) is 0 Å². The fourth-order valence-electron chi connectivity index (χ4n) is 3.47. The van der Waals surface area contributed by atoms with Gasteiger partial charge in [0, 0.05) is 43.7 Å². The molecule has 0 bridgehead atoms. The van der Waals surface area contributed by atoms with Gasteiger partial charge >= 0.3 is 6.03 Å². The Bertz CT molecular complexity index is 750. The number of piperidine rings is 1. The SMILES string of the molecule is O=C(Nc1ccsc1)NC1CCCN(c2cc(N3CCOCC3)ncn2)C1. The Kier molecular flexibility index (Phi) is 5.69. The fraction of sp³-hybridized carbons (Fsp3) is 0.500. The number of carbonyl (C=O) groups excluding carboxylic acids is 1. The Labute approximate surface area is 162 Å². The molecular formula is C18H24N6O2S. The molecule has 0 saturated carbocycles. The lowest BCUT2D eigenvalue weighted by atomic mass is 10.1. The monoisotopic (exact) mass is 388 g/mol. The number of thiophene rings is 1. The van der Waals surface area contributed by atoms with Crippen molar-refractivity contribution in [3.8, 4) is 0 Å².